The van der Waals surface area contributed by atoms with E-state index in [1.165, 1.54) is 6.33 Å². The van der Waals surface area contributed by atoms with Gasteiger partial charge in [-0.25, -0.2) is 15.8 Å². The van der Waals surface area contributed by atoms with Crippen LogP contribution >= 0.6 is 15.9 Å². The number of nitrogens with one attached hydrogen (secondary N) is 1. The third-order valence-electron chi connectivity index (χ3n) is 2.44. The summed E-state index contributed by atoms with van der Waals surface area (Å²) >= 11 is 3.34. The molecule has 0 aliphatic rings. The van der Waals surface area contributed by atoms with E-state index in [9.17, 15) is 0 Å². The van der Waals surface area contributed by atoms with Crippen molar-refractivity contribution in [3.8, 4) is 11.6 Å². The number of nitrogen functional groups attached to an aromatic ring is 1. The average molecular weight is 324 g/mol. The van der Waals surface area contributed by atoms with Crippen LogP contribution in [0.4, 0.5) is 11.5 Å². The molecule has 0 aliphatic heterocycles. The Kier molecular flexibility index (Phi) is 4.18. The van der Waals surface area contributed by atoms with E-state index in [2.05, 4.69) is 31.3 Å². The van der Waals surface area contributed by atoms with Crippen molar-refractivity contribution in [2.75, 3.05) is 24.4 Å². The van der Waals surface area contributed by atoms with Gasteiger partial charge in [0.15, 0.2) is 5.82 Å². The Morgan fingerprint density at radius 2 is 2.11 bits per heavy atom. The molecule has 100 valence electrons. The van der Waals surface area contributed by atoms with Crippen molar-refractivity contribution in [1.82, 2.24) is 9.97 Å². The Hall–Kier alpha value is -1.86. The van der Waals surface area contributed by atoms with E-state index in [0.717, 1.165) is 5.69 Å². The molecule has 1 aromatic heterocycles. The Morgan fingerprint density at radius 1 is 1.32 bits per heavy atom. The first-order valence-corrected chi connectivity index (χ1v) is 6.33. The number of nitrogens with zero attached hydrogens (tertiary/aromatic N) is 3. The van der Waals surface area contributed by atoms with Gasteiger partial charge in [0.2, 0.25) is 5.88 Å². The van der Waals surface area contributed by atoms with Gasteiger partial charge in [-0.05, 0) is 28.1 Å². The van der Waals surface area contributed by atoms with Crippen LogP contribution in [-0.2, 0) is 0 Å². The molecule has 0 radical (unpaired) electrons. The predicted octanol–water partition coefficient (Wildman–Crippen LogP) is 2.38. The highest BCUT2D eigenvalue weighted by atomic mass is 79.9. The van der Waals surface area contributed by atoms with Crippen molar-refractivity contribution in [1.29, 1.82) is 0 Å². The molecule has 0 amide bonds. The zero-order chi connectivity index (χ0) is 13.8. The number of benzene rings is 1. The first-order chi connectivity index (χ1) is 9.11. The van der Waals surface area contributed by atoms with Crippen LogP contribution < -0.4 is 20.9 Å². The highest BCUT2D eigenvalue weighted by molar-refractivity contribution is 9.10. The third-order valence-corrected chi connectivity index (χ3v) is 3.16. The smallest absolute Gasteiger partial charge is 0.238 e. The van der Waals surface area contributed by atoms with Gasteiger partial charge in [0.1, 0.15) is 16.5 Å². The topological polar surface area (TPSA) is 76.3 Å². The van der Waals surface area contributed by atoms with Crippen molar-refractivity contribution < 1.29 is 4.74 Å². The van der Waals surface area contributed by atoms with Crippen LogP contribution in [0, 0.1) is 0 Å². The summed E-state index contributed by atoms with van der Waals surface area (Å²) in [7, 11) is 3.94. The van der Waals surface area contributed by atoms with Crippen molar-refractivity contribution in [2.24, 2.45) is 5.84 Å². The van der Waals surface area contributed by atoms with Gasteiger partial charge in [-0.15, -0.1) is 0 Å². The molecule has 0 fully saturated rings. The fourth-order valence-corrected chi connectivity index (χ4v) is 1.86. The molecule has 2 aromatic rings. The van der Waals surface area contributed by atoms with Gasteiger partial charge in [0.25, 0.3) is 0 Å². The molecule has 1 heterocycles. The second kappa shape index (κ2) is 5.85. The van der Waals surface area contributed by atoms with Gasteiger partial charge in [0.05, 0.1) is 0 Å². The molecule has 3 N–H and O–H groups in total. The summed E-state index contributed by atoms with van der Waals surface area (Å²) in [6.07, 6.45) is 1.38. The number of hydrogen-bond donors (Lipinski definition) is 2. The van der Waals surface area contributed by atoms with Gasteiger partial charge in [-0.3, -0.25) is 0 Å². The van der Waals surface area contributed by atoms with E-state index in [0.29, 0.717) is 21.9 Å². The minimum absolute atomic E-state index is 0.402. The largest absolute Gasteiger partial charge is 0.438 e. The van der Waals surface area contributed by atoms with Crippen LogP contribution in [0.2, 0.25) is 0 Å². The van der Waals surface area contributed by atoms with Crippen LogP contribution in [0.15, 0.2) is 35.1 Å². The number of rotatable bonds is 4. The second-order valence-electron chi connectivity index (χ2n) is 3.98. The lowest BCUT2D eigenvalue weighted by atomic mass is 10.3. The van der Waals surface area contributed by atoms with E-state index in [4.69, 9.17) is 10.6 Å². The van der Waals surface area contributed by atoms with Gasteiger partial charge in [0, 0.05) is 25.8 Å². The first kappa shape index (κ1) is 13.6. The molecule has 1 aromatic carbocycles. The molecule has 0 spiro atoms. The summed E-state index contributed by atoms with van der Waals surface area (Å²) in [4.78, 5) is 10.0. The minimum Gasteiger partial charge on any atom is -0.438 e. The van der Waals surface area contributed by atoms with Crippen molar-refractivity contribution >= 4 is 27.4 Å². The van der Waals surface area contributed by atoms with Crippen LogP contribution in [-0.4, -0.2) is 24.1 Å². The van der Waals surface area contributed by atoms with Crippen LogP contribution in [0.3, 0.4) is 0 Å². The third kappa shape index (κ3) is 3.12. The SMILES string of the molecule is CN(C)c1cccc(Oc2ncnc(NN)c2Br)c1. The van der Waals surface area contributed by atoms with Crippen LogP contribution in [0.5, 0.6) is 11.6 Å². The van der Waals surface area contributed by atoms with E-state index in [-0.39, 0.29) is 0 Å². The Labute approximate surface area is 119 Å². The first-order valence-electron chi connectivity index (χ1n) is 5.54. The minimum atomic E-state index is 0.402. The number of hydrogen-bond acceptors (Lipinski definition) is 6. The maximum absolute atomic E-state index is 5.72. The van der Waals surface area contributed by atoms with Crippen LogP contribution in [0.25, 0.3) is 0 Å². The summed E-state index contributed by atoms with van der Waals surface area (Å²) in [5.74, 6) is 6.90. The van der Waals surface area contributed by atoms with E-state index in [1.54, 1.807) is 0 Å². The van der Waals surface area contributed by atoms with Crippen molar-refractivity contribution in [3.63, 3.8) is 0 Å². The number of nitrogens with two attached hydrogens (primary N) is 1. The number of hydrazine groups is 1. The van der Waals surface area contributed by atoms with Gasteiger partial charge >= 0.3 is 0 Å². The monoisotopic (exact) mass is 323 g/mol. The van der Waals surface area contributed by atoms with Gasteiger partial charge < -0.3 is 15.1 Å². The molecule has 7 heteroatoms. The number of halogens is 1. The number of ether oxygens (including phenoxy) is 1. The van der Waals surface area contributed by atoms with E-state index >= 15 is 0 Å². The number of anilines is 2. The maximum Gasteiger partial charge on any atom is 0.238 e. The number of aromatic nitrogens is 2. The highest BCUT2D eigenvalue weighted by Crippen LogP contribution is 2.32. The van der Waals surface area contributed by atoms with Gasteiger partial charge in [-0.2, -0.15) is 0 Å². The summed E-state index contributed by atoms with van der Waals surface area (Å²) < 4.78 is 6.30. The lowest BCUT2D eigenvalue weighted by Gasteiger charge is -2.14. The average Bonchev–Trinajstić information content (AvgIpc) is 2.41. The summed E-state index contributed by atoms with van der Waals surface area (Å²) in [6.45, 7) is 0. The zero-order valence-corrected chi connectivity index (χ0v) is 12.2. The quantitative estimate of drug-likeness (QED) is 0.664. The summed E-state index contributed by atoms with van der Waals surface area (Å²) in [5.41, 5.74) is 3.51. The van der Waals surface area contributed by atoms with E-state index < -0.39 is 0 Å². The molecule has 19 heavy (non-hydrogen) atoms. The molecule has 0 bridgehead atoms. The second-order valence-corrected chi connectivity index (χ2v) is 4.77. The highest BCUT2D eigenvalue weighted by Gasteiger charge is 2.10. The molecule has 2 rings (SSSR count). The molecule has 0 aliphatic carbocycles. The molecular weight excluding hydrogens is 310 g/mol. The van der Waals surface area contributed by atoms with Crippen molar-refractivity contribution in [2.45, 2.75) is 0 Å². The molecule has 0 saturated carbocycles. The lowest BCUT2D eigenvalue weighted by Crippen LogP contribution is -2.10. The molecule has 0 unspecified atom stereocenters. The molecule has 0 atom stereocenters. The lowest BCUT2D eigenvalue weighted by molar-refractivity contribution is 0.458. The van der Waals surface area contributed by atoms with Crippen molar-refractivity contribution in [3.05, 3.63) is 35.1 Å². The Morgan fingerprint density at radius 3 is 2.79 bits per heavy atom. The van der Waals surface area contributed by atoms with Crippen LogP contribution in [0.1, 0.15) is 0 Å². The standard InChI is InChI=1S/C12H14BrN5O/c1-18(2)8-4-3-5-9(6-8)19-12-10(13)11(17-14)15-7-16-12/h3-7H,14H2,1-2H3,(H,15,16,17). The Bertz CT molecular complexity index is 576. The molecule has 6 nitrogen and oxygen atoms in total. The molecular formula is C12H14BrN5O. The normalized spacial score (nSPS) is 10.1. The maximum atomic E-state index is 5.72. The van der Waals surface area contributed by atoms with Gasteiger partial charge in [-0.1, -0.05) is 6.07 Å². The molecule has 0 saturated heterocycles. The zero-order valence-electron chi connectivity index (χ0n) is 10.6. The van der Waals surface area contributed by atoms with E-state index in [1.807, 2.05) is 43.3 Å². The summed E-state index contributed by atoms with van der Waals surface area (Å²) in [6, 6.07) is 7.69. The fourth-order valence-electron chi connectivity index (χ4n) is 1.46. The Balaban J connectivity index is 2.28. The predicted molar refractivity (Wildman–Crippen MR) is 78.4 cm³/mol. The summed E-state index contributed by atoms with van der Waals surface area (Å²) in [5, 5.41) is 0. The fraction of sp³-hybridized carbons (Fsp3) is 0.167.